The molecule has 88 valence electrons. The van der Waals surface area contributed by atoms with Crippen molar-refractivity contribution in [3.8, 4) is 0 Å². The Morgan fingerprint density at radius 1 is 1.33 bits per heavy atom. The Kier molecular flexibility index (Phi) is 3.06. The normalized spacial score (nSPS) is 38.2. The lowest BCUT2D eigenvalue weighted by molar-refractivity contribution is -0.141. The number of ether oxygens (including phenoxy) is 1. The van der Waals surface area contributed by atoms with Crippen LogP contribution in [0.3, 0.4) is 0 Å². The van der Waals surface area contributed by atoms with Crippen molar-refractivity contribution in [1.29, 1.82) is 0 Å². The molecule has 1 spiro atoms. The molecule has 2 fully saturated rings. The Bertz CT molecular complexity index is 206. The van der Waals surface area contributed by atoms with E-state index in [1.54, 1.807) is 0 Å². The standard InChI is InChI=1S/C12H24N2O/c1-11(2,3)10-7-14-12(15-8-10)5-4-6-13-9-12/h10,13-14H,4-9H2,1-3H3. The van der Waals surface area contributed by atoms with E-state index in [1.807, 2.05) is 0 Å². The molecule has 3 nitrogen and oxygen atoms in total. The van der Waals surface area contributed by atoms with Crippen LogP contribution in [-0.4, -0.2) is 32.0 Å². The third kappa shape index (κ3) is 2.52. The summed E-state index contributed by atoms with van der Waals surface area (Å²) in [4.78, 5) is 0. The van der Waals surface area contributed by atoms with Gasteiger partial charge in [-0.25, -0.2) is 0 Å². The van der Waals surface area contributed by atoms with Crippen LogP contribution >= 0.6 is 0 Å². The molecule has 2 saturated heterocycles. The minimum Gasteiger partial charge on any atom is -0.359 e. The maximum absolute atomic E-state index is 6.07. The lowest BCUT2D eigenvalue weighted by Crippen LogP contribution is -2.63. The Balaban J connectivity index is 1.91. The second kappa shape index (κ2) is 4.04. The van der Waals surface area contributed by atoms with Crippen molar-refractivity contribution in [3.05, 3.63) is 0 Å². The molecular formula is C12H24N2O. The summed E-state index contributed by atoms with van der Waals surface area (Å²) in [7, 11) is 0. The van der Waals surface area contributed by atoms with Gasteiger partial charge in [-0.2, -0.15) is 0 Å². The summed E-state index contributed by atoms with van der Waals surface area (Å²) < 4.78 is 6.07. The van der Waals surface area contributed by atoms with Gasteiger partial charge in [-0.15, -0.1) is 0 Å². The first-order chi connectivity index (χ1) is 7.02. The summed E-state index contributed by atoms with van der Waals surface area (Å²) in [5.74, 6) is 0.630. The van der Waals surface area contributed by atoms with E-state index in [-0.39, 0.29) is 5.72 Å². The first-order valence-electron chi connectivity index (χ1n) is 6.12. The molecule has 0 saturated carbocycles. The monoisotopic (exact) mass is 212 g/mol. The molecule has 2 unspecified atom stereocenters. The van der Waals surface area contributed by atoms with Crippen molar-refractivity contribution in [2.45, 2.75) is 39.3 Å². The van der Waals surface area contributed by atoms with Gasteiger partial charge in [0.15, 0.2) is 0 Å². The summed E-state index contributed by atoms with van der Waals surface area (Å²) >= 11 is 0. The fourth-order valence-corrected chi connectivity index (χ4v) is 2.39. The van der Waals surface area contributed by atoms with E-state index >= 15 is 0 Å². The average Bonchev–Trinajstić information content (AvgIpc) is 2.18. The van der Waals surface area contributed by atoms with E-state index in [0.717, 1.165) is 32.7 Å². The molecule has 15 heavy (non-hydrogen) atoms. The molecule has 0 aliphatic carbocycles. The SMILES string of the molecule is CC(C)(C)C1CNC2(CCCNC2)OC1. The molecular weight excluding hydrogens is 188 g/mol. The first kappa shape index (κ1) is 11.4. The molecule has 2 rings (SSSR count). The predicted molar refractivity (Wildman–Crippen MR) is 61.7 cm³/mol. The van der Waals surface area contributed by atoms with Crippen LogP contribution in [0.1, 0.15) is 33.6 Å². The Labute approximate surface area is 93.0 Å². The zero-order valence-corrected chi connectivity index (χ0v) is 10.2. The van der Waals surface area contributed by atoms with Crippen LogP contribution in [0.15, 0.2) is 0 Å². The molecule has 2 aliphatic rings. The van der Waals surface area contributed by atoms with Gasteiger partial charge in [-0.1, -0.05) is 20.8 Å². The molecule has 0 amide bonds. The number of nitrogens with one attached hydrogen (secondary N) is 2. The van der Waals surface area contributed by atoms with Gasteiger partial charge in [0.05, 0.1) is 6.61 Å². The van der Waals surface area contributed by atoms with Gasteiger partial charge < -0.3 is 10.1 Å². The Morgan fingerprint density at radius 2 is 2.13 bits per heavy atom. The fourth-order valence-electron chi connectivity index (χ4n) is 2.39. The van der Waals surface area contributed by atoms with Crippen LogP contribution in [0.25, 0.3) is 0 Å². The number of rotatable bonds is 0. The zero-order chi connectivity index (χ0) is 10.9. The molecule has 2 heterocycles. The second-order valence-corrected chi connectivity index (χ2v) is 6.03. The molecule has 2 atom stereocenters. The van der Waals surface area contributed by atoms with Crippen LogP contribution < -0.4 is 10.6 Å². The summed E-state index contributed by atoms with van der Waals surface area (Å²) in [6.45, 7) is 11.0. The highest BCUT2D eigenvalue weighted by Gasteiger charge is 2.39. The van der Waals surface area contributed by atoms with Gasteiger partial charge in [0, 0.05) is 13.1 Å². The van der Waals surface area contributed by atoms with Gasteiger partial charge in [0.2, 0.25) is 0 Å². The van der Waals surface area contributed by atoms with Crippen LogP contribution in [0, 0.1) is 11.3 Å². The quantitative estimate of drug-likeness (QED) is 0.636. The van der Waals surface area contributed by atoms with E-state index in [4.69, 9.17) is 4.74 Å². The number of hydrogen-bond acceptors (Lipinski definition) is 3. The van der Waals surface area contributed by atoms with Crippen molar-refractivity contribution in [3.63, 3.8) is 0 Å². The van der Waals surface area contributed by atoms with Gasteiger partial charge >= 0.3 is 0 Å². The van der Waals surface area contributed by atoms with E-state index in [2.05, 4.69) is 31.4 Å². The van der Waals surface area contributed by atoms with Gasteiger partial charge in [-0.3, -0.25) is 5.32 Å². The Morgan fingerprint density at radius 3 is 2.60 bits per heavy atom. The van der Waals surface area contributed by atoms with Crippen molar-refractivity contribution in [2.75, 3.05) is 26.2 Å². The highest BCUT2D eigenvalue weighted by atomic mass is 16.5. The minimum absolute atomic E-state index is 0.0556. The van der Waals surface area contributed by atoms with Gasteiger partial charge in [-0.05, 0) is 30.7 Å². The molecule has 0 aromatic heterocycles. The predicted octanol–water partition coefficient (Wildman–Crippen LogP) is 1.35. The Hall–Kier alpha value is -0.120. The van der Waals surface area contributed by atoms with E-state index < -0.39 is 0 Å². The topological polar surface area (TPSA) is 33.3 Å². The van der Waals surface area contributed by atoms with E-state index in [0.29, 0.717) is 11.3 Å². The van der Waals surface area contributed by atoms with Crippen LogP contribution in [-0.2, 0) is 4.74 Å². The van der Waals surface area contributed by atoms with Crippen LogP contribution in [0.2, 0.25) is 0 Å². The zero-order valence-electron chi connectivity index (χ0n) is 10.2. The maximum Gasteiger partial charge on any atom is 0.131 e. The summed E-state index contributed by atoms with van der Waals surface area (Å²) in [5.41, 5.74) is 0.288. The first-order valence-corrected chi connectivity index (χ1v) is 6.12. The van der Waals surface area contributed by atoms with Crippen LogP contribution in [0.4, 0.5) is 0 Å². The van der Waals surface area contributed by atoms with Gasteiger partial charge in [0.25, 0.3) is 0 Å². The maximum atomic E-state index is 6.07. The average molecular weight is 212 g/mol. The second-order valence-electron chi connectivity index (χ2n) is 6.03. The highest BCUT2D eigenvalue weighted by molar-refractivity contribution is 4.91. The largest absolute Gasteiger partial charge is 0.359 e. The molecule has 2 aliphatic heterocycles. The van der Waals surface area contributed by atoms with Crippen molar-refractivity contribution < 1.29 is 4.74 Å². The number of piperidine rings is 1. The lowest BCUT2D eigenvalue weighted by Gasteiger charge is -2.46. The molecule has 0 aromatic rings. The summed E-state index contributed by atoms with van der Waals surface area (Å²) in [6, 6.07) is 0. The van der Waals surface area contributed by atoms with Crippen molar-refractivity contribution in [2.24, 2.45) is 11.3 Å². The number of hydrogen-bond donors (Lipinski definition) is 2. The molecule has 0 bridgehead atoms. The lowest BCUT2D eigenvalue weighted by atomic mass is 9.80. The summed E-state index contributed by atoms with van der Waals surface area (Å²) in [6.07, 6.45) is 2.37. The smallest absolute Gasteiger partial charge is 0.131 e. The van der Waals surface area contributed by atoms with Gasteiger partial charge in [0.1, 0.15) is 5.72 Å². The molecule has 0 aromatic carbocycles. The fraction of sp³-hybridized carbons (Fsp3) is 1.00. The summed E-state index contributed by atoms with van der Waals surface area (Å²) in [5, 5.41) is 7.02. The third-order valence-corrected chi connectivity index (χ3v) is 3.80. The minimum atomic E-state index is -0.0556. The molecule has 3 heteroatoms. The third-order valence-electron chi connectivity index (χ3n) is 3.80. The van der Waals surface area contributed by atoms with Crippen LogP contribution in [0.5, 0.6) is 0 Å². The highest BCUT2D eigenvalue weighted by Crippen LogP contribution is 2.31. The molecule has 0 radical (unpaired) electrons. The van der Waals surface area contributed by atoms with E-state index in [1.165, 1.54) is 6.42 Å². The van der Waals surface area contributed by atoms with E-state index in [9.17, 15) is 0 Å². The van der Waals surface area contributed by atoms with Crippen molar-refractivity contribution >= 4 is 0 Å². The van der Waals surface area contributed by atoms with Crippen molar-refractivity contribution in [1.82, 2.24) is 10.6 Å². The molecule has 2 N–H and O–H groups in total.